The third kappa shape index (κ3) is 2.69. The Hall–Kier alpha value is -3.42. The van der Waals surface area contributed by atoms with Crippen molar-refractivity contribution < 1.29 is 4.74 Å². The SMILES string of the molecule is CCc1cc(N2Cc3[nH]cnc3C(c3ccc(OC)cc3)C2)c2nncn2n1. The van der Waals surface area contributed by atoms with E-state index in [0.717, 1.165) is 53.7 Å². The molecule has 0 amide bonds. The number of methoxy groups -OCH3 is 1. The third-order valence-corrected chi connectivity index (χ3v) is 5.35. The van der Waals surface area contributed by atoms with Crippen molar-refractivity contribution in [3.05, 3.63) is 65.6 Å². The second kappa shape index (κ2) is 6.63. The Balaban J connectivity index is 1.58. The molecule has 0 bridgehead atoms. The van der Waals surface area contributed by atoms with Gasteiger partial charge < -0.3 is 14.6 Å². The Morgan fingerprint density at radius 1 is 1.25 bits per heavy atom. The van der Waals surface area contributed by atoms with Gasteiger partial charge in [-0.15, -0.1) is 10.2 Å². The molecular formula is C20H21N7O. The summed E-state index contributed by atoms with van der Waals surface area (Å²) < 4.78 is 7.07. The summed E-state index contributed by atoms with van der Waals surface area (Å²) in [5.74, 6) is 1.01. The summed E-state index contributed by atoms with van der Waals surface area (Å²) in [5.41, 5.74) is 6.26. The summed E-state index contributed by atoms with van der Waals surface area (Å²) >= 11 is 0. The van der Waals surface area contributed by atoms with Crippen LogP contribution in [0, 0.1) is 0 Å². The fourth-order valence-electron chi connectivity index (χ4n) is 3.87. The molecule has 1 aromatic carbocycles. The Morgan fingerprint density at radius 3 is 2.89 bits per heavy atom. The maximum Gasteiger partial charge on any atom is 0.200 e. The van der Waals surface area contributed by atoms with Gasteiger partial charge in [0.15, 0.2) is 0 Å². The molecule has 1 atom stereocenters. The number of aryl methyl sites for hydroxylation is 1. The second-order valence-corrected chi connectivity index (χ2v) is 6.95. The summed E-state index contributed by atoms with van der Waals surface area (Å²) in [6, 6.07) is 10.3. The van der Waals surface area contributed by atoms with Crippen LogP contribution in [0.25, 0.3) is 5.65 Å². The van der Waals surface area contributed by atoms with Crippen molar-refractivity contribution in [3.63, 3.8) is 0 Å². The van der Waals surface area contributed by atoms with E-state index < -0.39 is 0 Å². The summed E-state index contributed by atoms with van der Waals surface area (Å²) in [7, 11) is 1.68. The summed E-state index contributed by atoms with van der Waals surface area (Å²) in [5, 5.41) is 12.9. The summed E-state index contributed by atoms with van der Waals surface area (Å²) in [6.07, 6.45) is 4.29. The van der Waals surface area contributed by atoms with Crippen molar-refractivity contribution in [1.29, 1.82) is 0 Å². The van der Waals surface area contributed by atoms with E-state index in [1.165, 1.54) is 5.56 Å². The minimum absolute atomic E-state index is 0.155. The van der Waals surface area contributed by atoms with Crippen molar-refractivity contribution in [3.8, 4) is 5.75 Å². The molecule has 1 aliphatic heterocycles. The van der Waals surface area contributed by atoms with Crippen molar-refractivity contribution in [2.45, 2.75) is 25.8 Å². The molecule has 4 aromatic rings. The number of benzene rings is 1. The molecule has 8 nitrogen and oxygen atoms in total. The van der Waals surface area contributed by atoms with Crippen LogP contribution in [0.2, 0.25) is 0 Å². The predicted octanol–water partition coefficient (Wildman–Crippen LogP) is 2.57. The van der Waals surface area contributed by atoms with E-state index in [4.69, 9.17) is 4.74 Å². The van der Waals surface area contributed by atoms with Crippen LogP contribution in [0.4, 0.5) is 5.69 Å². The molecule has 4 heterocycles. The molecule has 8 heteroatoms. The fraction of sp³-hybridized carbons (Fsp3) is 0.300. The van der Waals surface area contributed by atoms with Crippen LogP contribution in [0.5, 0.6) is 5.75 Å². The molecule has 5 rings (SSSR count). The van der Waals surface area contributed by atoms with Crippen molar-refractivity contribution >= 4 is 11.3 Å². The van der Waals surface area contributed by atoms with Crippen LogP contribution < -0.4 is 9.64 Å². The largest absolute Gasteiger partial charge is 0.497 e. The molecule has 1 aliphatic rings. The monoisotopic (exact) mass is 375 g/mol. The summed E-state index contributed by atoms with van der Waals surface area (Å²) in [4.78, 5) is 10.3. The zero-order valence-corrected chi connectivity index (χ0v) is 15.8. The smallest absolute Gasteiger partial charge is 0.200 e. The average Bonchev–Trinajstić information content (AvgIpc) is 3.41. The van der Waals surface area contributed by atoms with Crippen LogP contribution >= 0.6 is 0 Å². The zero-order valence-electron chi connectivity index (χ0n) is 15.8. The quantitative estimate of drug-likeness (QED) is 0.590. The van der Waals surface area contributed by atoms with Gasteiger partial charge in [0, 0.05) is 12.5 Å². The number of nitrogens with one attached hydrogen (secondary N) is 1. The predicted molar refractivity (Wildman–Crippen MR) is 105 cm³/mol. The second-order valence-electron chi connectivity index (χ2n) is 6.95. The maximum absolute atomic E-state index is 5.31. The van der Waals surface area contributed by atoms with E-state index in [-0.39, 0.29) is 5.92 Å². The first kappa shape index (κ1) is 16.7. The van der Waals surface area contributed by atoms with Gasteiger partial charge in [-0.2, -0.15) is 9.61 Å². The Labute approximate surface area is 162 Å². The number of rotatable bonds is 4. The van der Waals surface area contributed by atoms with Crippen LogP contribution in [-0.2, 0) is 13.0 Å². The van der Waals surface area contributed by atoms with E-state index in [9.17, 15) is 0 Å². The third-order valence-electron chi connectivity index (χ3n) is 5.35. The number of aromatic nitrogens is 6. The molecule has 0 saturated heterocycles. The van der Waals surface area contributed by atoms with Crippen LogP contribution in [0.3, 0.4) is 0 Å². The van der Waals surface area contributed by atoms with Gasteiger partial charge in [-0.05, 0) is 30.2 Å². The van der Waals surface area contributed by atoms with Gasteiger partial charge in [-0.3, -0.25) is 0 Å². The average molecular weight is 375 g/mol. The minimum Gasteiger partial charge on any atom is -0.497 e. The lowest BCUT2D eigenvalue weighted by atomic mass is 9.90. The van der Waals surface area contributed by atoms with Crippen molar-refractivity contribution in [1.82, 2.24) is 29.8 Å². The molecular weight excluding hydrogens is 354 g/mol. The Morgan fingerprint density at radius 2 is 2.11 bits per heavy atom. The zero-order chi connectivity index (χ0) is 19.1. The molecule has 28 heavy (non-hydrogen) atoms. The summed E-state index contributed by atoms with van der Waals surface area (Å²) in [6.45, 7) is 3.66. The molecule has 142 valence electrons. The lowest BCUT2D eigenvalue weighted by Gasteiger charge is -2.34. The standard InChI is InChI=1S/C20H21N7O/c1-3-14-8-18(20-24-23-12-27(20)25-14)26-9-16(19-17(10-26)21-11-22-19)13-4-6-15(28-2)7-5-13/h4-8,11-12,16H,3,9-10H2,1-2H3,(H,21,22). The van der Waals surface area contributed by atoms with Gasteiger partial charge in [-0.25, -0.2) is 4.98 Å². The highest BCUT2D eigenvalue weighted by Crippen LogP contribution is 2.35. The van der Waals surface area contributed by atoms with Gasteiger partial charge >= 0.3 is 0 Å². The molecule has 0 radical (unpaired) electrons. The van der Waals surface area contributed by atoms with Gasteiger partial charge in [0.2, 0.25) is 5.65 Å². The van der Waals surface area contributed by atoms with Crippen molar-refractivity contribution in [2.75, 3.05) is 18.6 Å². The van der Waals surface area contributed by atoms with Gasteiger partial charge in [0.25, 0.3) is 0 Å². The minimum atomic E-state index is 0.155. The number of hydrogen-bond acceptors (Lipinski definition) is 6. The van der Waals surface area contributed by atoms with Crippen LogP contribution in [0.15, 0.2) is 43.0 Å². The number of ether oxygens (including phenoxy) is 1. The number of anilines is 1. The highest BCUT2D eigenvalue weighted by atomic mass is 16.5. The van der Waals surface area contributed by atoms with E-state index >= 15 is 0 Å². The topological polar surface area (TPSA) is 84.2 Å². The molecule has 0 saturated carbocycles. The highest BCUT2D eigenvalue weighted by molar-refractivity contribution is 5.69. The van der Waals surface area contributed by atoms with Crippen molar-refractivity contribution in [2.24, 2.45) is 0 Å². The first-order valence-electron chi connectivity index (χ1n) is 9.37. The van der Waals surface area contributed by atoms with Gasteiger partial charge in [0.1, 0.15) is 12.1 Å². The molecule has 0 fully saturated rings. The Kier molecular flexibility index (Phi) is 3.96. The number of aromatic amines is 1. The molecule has 1 N–H and O–H groups in total. The first-order chi connectivity index (χ1) is 13.8. The normalized spacial score (nSPS) is 16.4. The number of fused-ring (bicyclic) bond motifs is 2. The number of hydrogen-bond donors (Lipinski definition) is 1. The van der Waals surface area contributed by atoms with Gasteiger partial charge in [0.05, 0.1) is 42.8 Å². The van der Waals surface area contributed by atoms with E-state index in [1.54, 1.807) is 24.3 Å². The number of H-pyrrole nitrogens is 1. The van der Waals surface area contributed by atoms with Crippen LogP contribution in [-0.4, -0.2) is 43.4 Å². The first-order valence-corrected chi connectivity index (χ1v) is 9.37. The molecule has 0 aliphatic carbocycles. The lowest BCUT2D eigenvalue weighted by molar-refractivity contribution is 0.414. The molecule has 3 aromatic heterocycles. The molecule has 0 spiro atoms. The fourth-order valence-corrected chi connectivity index (χ4v) is 3.87. The maximum atomic E-state index is 5.31. The lowest BCUT2D eigenvalue weighted by Crippen LogP contribution is -2.34. The van der Waals surface area contributed by atoms with Crippen LogP contribution in [0.1, 0.15) is 35.5 Å². The number of nitrogens with zero attached hydrogens (tertiary/aromatic N) is 6. The van der Waals surface area contributed by atoms with E-state index in [1.807, 2.05) is 12.1 Å². The Bertz CT molecular complexity index is 1120. The van der Waals surface area contributed by atoms with E-state index in [2.05, 4.69) is 55.3 Å². The molecule has 1 unspecified atom stereocenters. The number of imidazole rings is 1. The van der Waals surface area contributed by atoms with Gasteiger partial charge in [-0.1, -0.05) is 19.1 Å². The van der Waals surface area contributed by atoms with E-state index in [0.29, 0.717) is 0 Å². The highest BCUT2D eigenvalue weighted by Gasteiger charge is 2.30.